The second-order valence-corrected chi connectivity index (χ2v) is 9.03. The Kier molecular flexibility index (Phi) is 6.76. The van der Waals surface area contributed by atoms with Crippen molar-refractivity contribution >= 4 is 18.0 Å². The van der Waals surface area contributed by atoms with Crippen LogP contribution < -0.4 is 5.32 Å². The van der Waals surface area contributed by atoms with Gasteiger partial charge in [-0.3, -0.25) is 4.79 Å². The Balaban J connectivity index is 2.24. The number of fused-ring (bicyclic) bond motifs is 1. The monoisotopic (exact) mass is 382 g/mol. The van der Waals surface area contributed by atoms with Crippen LogP contribution in [0, 0.1) is 11.8 Å². The fourth-order valence-electron chi connectivity index (χ4n) is 4.16. The van der Waals surface area contributed by atoms with E-state index in [4.69, 9.17) is 9.47 Å². The van der Waals surface area contributed by atoms with E-state index in [2.05, 4.69) is 19.2 Å². The molecule has 0 aromatic carbocycles. The molecule has 1 N–H and O–H groups in total. The van der Waals surface area contributed by atoms with E-state index in [9.17, 15) is 14.4 Å². The van der Waals surface area contributed by atoms with E-state index in [0.29, 0.717) is 24.7 Å². The molecule has 2 amide bonds. The van der Waals surface area contributed by atoms with Crippen molar-refractivity contribution in [3.05, 3.63) is 0 Å². The van der Waals surface area contributed by atoms with Gasteiger partial charge in [-0.1, -0.05) is 13.8 Å². The number of nitrogens with one attached hydrogen (secondary N) is 1. The number of carbonyl (C=O) groups is 3. The average Bonchev–Trinajstić information content (AvgIpc) is 2.95. The van der Waals surface area contributed by atoms with Crippen LogP contribution in [0.5, 0.6) is 0 Å². The number of amides is 2. The number of carbonyl (C=O) groups excluding carboxylic acids is 3. The van der Waals surface area contributed by atoms with Crippen LogP contribution in [-0.2, 0) is 19.1 Å². The fraction of sp³-hybridized carbons (Fsp3) is 0.850. The Labute approximate surface area is 162 Å². The number of alkyl carbamates (subject to hydrolysis) is 1. The van der Waals surface area contributed by atoms with E-state index in [1.807, 2.05) is 0 Å². The zero-order chi connectivity index (χ0) is 20.4. The molecule has 0 aromatic rings. The highest BCUT2D eigenvalue weighted by molar-refractivity contribution is 5.90. The van der Waals surface area contributed by atoms with Gasteiger partial charge in [0.1, 0.15) is 17.7 Å². The van der Waals surface area contributed by atoms with Gasteiger partial charge in [0.2, 0.25) is 5.91 Å². The normalized spacial score (nSPS) is 29.0. The molecule has 0 aromatic heterocycles. The summed E-state index contributed by atoms with van der Waals surface area (Å²) in [6.07, 6.45) is 3.07. The van der Waals surface area contributed by atoms with E-state index in [-0.39, 0.29) is 17.9 Å². The van der Waals surface area contributed by atoms with E-state index in [1.165, 1.54) is 7.11 Å². The van der Waals surface area contributed by atoms with Crippen LogP contribution in [0.4, 0.5) is 4.79 Å². The molecule has 0 spiro atoms. The van der Waals surface area contributed by atoms with Crippen molar-refractivity contribution in [3.63, 3.8) is 0 Å². The molecule has 0 radical (unpaired) electrons. The second kappa shape index (κ2) is 8.48. The van der Waals surface area contributed by atoms with Crippen LogP contribution in [0.3, 0.4) is 0 Å². The number of rotatable bonds is 3. The van der Waals surface area contributed by atoms with Gasteiger partial charge in [0.15, 0.2) is 0 Å². The Morgan fingerprint density at radius 3 is 2.37 bits per heavy atom. The van der Waals surface area contributed by atoms with Crippen LogP contribution in [-0.4, -0.2) is 53.7 Å². The summed E-state index contributed by atoms with van der Waals surface area (Å²) in [6.45, 7) is 9.71. The van der Waals surface area contributed by atoms with Gasteiger partial charge >= 0.3 is 12.1 Å². The molecule has 2 aliphatic heterocycles. The van der Waals surface area contributed by atoms with Crippen molar-refractivity contribution in [3.8, 4) is 0 Å². The summed E-state index contributed by atoms with van der Waals surface area (Å²) in [4.78, 5) is 39.4. The molecule has 7 heteroatoms. The Morgan fingerprint density at radius 1 is 1.15 bits per heavy atom. The lowest BCUT2D eigenvalue weighted by Crippen LogP contribution is -2.56. The number of hydrogen-bond acceptors (Lipinski definition) is 5. The van der Waals surface area contributed by atoms with E-state index >= 15 is 0 Å². The molecule has 7 nitrogen and oxygen atoms in total. The summed E-state index contributed by atoms with van der Waals surface area (Å²) in [5, 5.41) is 2.74. The fourth-order valence-corrected chi connectivity index (χ4v) is 4.16. The summed E-state index contributed by atoms with van der Waals surface area (Å²) >= 11 is 0. The molecule has 2 aliphatic rings. The number of nitrogens with zero attached hydrogens (tertiary/aromatic N) is 1. The standard InChI is InChI=1S/C20H34N2O5/c1-12(2)13-7-9-15(21-19(25)27-20(3,4)5)17(23)22-14(11-13)8-10-16(22)18(24)26-6/h12-16H,7-11H2,1-6H3,(H,21,25)/t13-,14?,15+,16+/m1/s1. The predicted molar refractivity (Wildman–Crippen MR) is 101 cm³/mol. The predicted octanol–water partition coefficient (Wildman–Crippen LogP) is 2.87. The number of ether oxygens (including phenoxy) is 2. The summed E-state index contributed by atoms with van der Waals surface area (Å²) in [5.74, 6) is 0.314. The molecule has 2 saturated heterocycles. The van der Waals surface area contributed by atoms with Crippen molar-refractivity contribution in [1.29, 1.82) is 0 Å². The number of esters is 1. The molecule has 0 saturated carbocycles. The summed E-state index contributed by atoms with van der Waals surface area (Å²) in [6, 6.07) is -1.24. The van der Waals surface area contributed by atoms with Crippen molar-refractivity contribution in [2.24, 2.45) is 11.8 Å². The van der Waals surface area contributed by atoms with Crippen LogP contribution in [0.1, 0.15) is 66.7 Å². The van der Waals surface area contributed by atoms with Gasteiger partial charge in [-0.25, -0.2) is 9.59 Å². The third-order valence-electron chi connectivity index (χ3n) is 5.56. The van der Waals surface area contributed by atoms with E-state index in [0.717, 1.165) is 19.3 Å². The first kappa shape index (κ1) is 21.5. The molecule has 0 bridgehead atoms. The maximum atomic E-state index is 13.2. The highest BCUT2D eigenvalue weighted by Crippen LogP contribution is 2.36. The second-order valence-electron chi connectivity index (χ2n) is 9.03. The lowest BCUT2D eigenvalue weighted by Gasteiger charge is -2.38. The Bertz CT molecular complexity index is 569. The van der Waals surface area contributed by atoms with Gasteiger partial charge in [-0.15, -0.1) is 0 Å². The third-order valence-corrected chi connectivity index (χ3v) is 5.56. The smallest absolute Gasteiger partial charge is 0.408 e. The lowest BCUT2D eigenvalue weighted by atomic mass is 9.82. The zero-order valence-electron chi connectivity index (χ0n) is 17.4. The average molecular weight is 383 g/mol. The van der Waals surface area contributed by atoms with Gasteiger partial charge in [0.25, 0.3) is 0 Å². The lowest BCUT2D eigenvalue weighted by molar-refractivity contribution is -0.153. The summed E-state index contributed by atoms with van der Waals surface area (Å²) in [5.41, 5.74) is -0.639. The minimum atomic E-state index is -0.686. The van der Waals surface area contributed by atoms with E-state index in [1.54, 1.807) is 25.7 Å². The van der Waals surface area contributed by atoms with Gasteiger partial charge < -0.3 is 19.7 Å². The van der Waals surface area contributed by atoms with Crippen molar-refractivity contribution in [1.82, 2.24) is 10.2 Å². The highest BCUT2D eigenvalue weighted by Gasteiger charge is 2.46. The van der Waals surface area contributed by atoms with Crippen molar-refractivity contribution in [2.75, 3.05) is 7.11 Å². The van der Waals surface area contributed by atoms with Crippen LogP contribution in [0.2, 0.25) is 0 Å². The molecule has 2 fully saturated rings. The first-order valence-electron chi connectivity index (χ1n) is 9.93. The Morgan fingerprint density at radius 2 is 1.81 bits per heavy atom. The minimum Gasteiger partial charge on any atom is -0.467 e. The number of hydrogen-bond donors (Lipinski definition) is 1. The summed E-state index contributed by atoms with van der Waals surface area (Å²) < 4.78 is 10.2. The molecule has 4 atom stereocenters. The van der Waals surface area contributed by atoms with Gasteiger partial charge in [0.05, 0.1) is 7.11 Å². The third kappa shape index (κ3) is 5.36. The summed E-state index contributed by atoms with van der Waals surface area (Å²) in [7, 11) is 1.34. The SMILES string of the molecule is COC(=O)[C@@H]1CCC2C[C@H](C(C)C)CC[C@H](NC(=O)OC(C)(C)C)C(=O)N21. The quantitative estimate of drug-likeness (QED) is 0.759. The largest absolute Gasteiger partial charge is 0.467 e. The highest BCUT2D eigenvalue weighted by atomic mass is 16.6. The zero-order valence-corrected chi connectivity index (χ0v) is 17.4. The van der Waals surface area contributed by atoms with Crippen LogP contribution in [0.15, 0.2) is 0 Å². The van der Waals surface area contributed by atoms with Gasteiger partial charge in [-0.05, 0) is 64.7 Å². The molecular weight excluding hydrogens is 348 g/mol. The molecule has 27 heavy (non-hydrogen) atoms. The molecule has 2 heterocycles. The van der Waals surface area contributed by atoms with Crippen LogP contribution >= 0.6 is 0 Å². The number of methoxy groups -OCH3 is 1. The van der Waals surface area contributed by atoms with Gasteiger partial charge in [0, 0.05) is 6.04 Å². The van der Waals surface area contributed by atoms with Crippen LogP contribution in [0.25, 0.3) is 0 Å². The molecular formula is C20H34N2O5. The molecule has 154 valence electrons. The van der Waals surface area contributed by atoms with Crippen molar-refractivity contribution < 1.29 is 23.9 Å². The minimum absolute atomic E-state index is 0.0113. The molecule has 0 aliphatic carbocycles. The first-order chi connectivity index (χ1) is 12.5. The Hall–Kier alpha value is -1.79. The van der Waals surface area contributed by atoms with E-state index < -0.39 is 23.8 Å². The van der Waals surface area contributed by atoms with Gasteiger partial charge in [-0.2, -0.15) is 0 Å². The maximum absolute atomic E-state index is 13.2. The first-order valence-corrected chi connectivity index (χ1v) is 9.93. The molecule has 1 unspecified atom stereocenters. The maximum Gasteiger partial charge on any atom is 0.408 e. The molecule has 2 rings (SSSR count). The topological polar surface area (TPSA) is 84.9 Å². The van der Waals surface area contributed by atoms with Crippen molar-refractivity contribution in [2.45, 2.75) is 90.4 Å².